The zero-order chi connectivity index (χ0) is 21.4. The van der Waals surface area contributed by atoms with Crippen molar-refractivity contribution in [1.29, 1.82) is 0 Å². The van der Waals surface area contributed by atoms with Crippen LogP contribution >= 0.6 is 11.6 Å². The Bertz CT molecular complexity index is 1020. The van der Waals surface area contributed by atoms with Crippen molar-refractivity contribution in [2.45, 2.75) is 6.23 Å². The number of amides is 2. The molecular formula is C21H19ClN2O6. The number of likely N-dealkylation sites (N-methyl/N-ethyl adjacent to an activating group) is 1. The minimum Gasteiger partial charge on any atom is -0.465 e. The van der Waals surface area contributed by atoms with Gasteiger partial charge in [0.2, 0.25) is 12.0 Å². The first-order chi connectivity index (χ1) is 14.4. The van der Waals surface area contributed by atoms with E-state index in [-0.39, 0.29) is 22.2 Å². The Balaban J connectivity index is 1.59. The predicted molar refractivity (Wildman–Crippen MR) is 108 cm³/mol. The smallest absolute Gasteiger partial charge is 0.410 e. The maximum Gasteiger partial charge on any atom is 0.410 e. The molecule has 2 aliphatic rings. The Morgan fingerprint density at radius 2 is 1.80 bits per heavy atom. The van der Waals surface area contributed by atoms with Crippen LogP contribution in [-0.4, -0.2) is 72.3 Å². The van der Waals surface area contributed by atoms with Crippen molar-refractivity contribution < 1.29 is 29.0 Å². The highest BCUT2D eigenvalue weighted by molar-refractivity contribution is 6.33. The normalized spacial score (nSPS) is 18.0. The summed E-state index contributed by atoms with van der Waals surface area (Å²) in [5.74, 6) is -0.361. The first kappa shape index (κ1) is 20.2. The third-order valence-corrected chi connectivity index (χ3v) is 5.46. The maximum atomic E-state index is 12.6. The molecule has 1 N–H and O–H groups in total. The SMILES string of the molecule is CN(C(=O)O)C1Oc2c(Cl)cc(-c3ccc(C(=O)N4CCOCC4)cc3)cc2C1=O. The molecule has 156 valence electrons. The monoisotopic (exact) mass is 430 g/mol. The highest BCUT2D eigenvalue weighted by Gasteiger charge is 2.39. The van der Waals surface area contributed by atoms with Gasteiger partial charge in [0.25, 0.3) is 5.91 Å². The summed E-state index contributed by atoms with van der Waals surface area (Å²) in [6.07, 6.45) is -2.54. The zero-order valence-corrected chi connectivity index (χ0v) is 16.9. The molecule has 30 heavy (non-hydrogen) atoms. The van der Waals surface area contributed by atoms with Crippen LogP contribution in [0.5, 0.6) is 5.75 Å². The van der Waals surface area contributed by atoms with Crippen LogP contribution in [-0.2, 0) is 4.74 Å². The number of morpholine rings is 1. The predicted octanol–water partition coefficient (Wildman–Crippen LogP) is 2.99. The third-order valence-electron chi connectivity index (χ3n) is 5.18. The van der Waals surface area contributed by atoms with Gasteiger partial charge in [-0.25, -0.2) is 4.79 Å². The number of ether oxygens (including phenoxy) is 2. The number of carbonyl (C=O) groups excluding carboxylic acids is 2. The minimum absolute atomic E-state index is 0.0556. The number of fused-ring (bicyclic) bond motifs is 1. The molecular weight excluding hydrogens is 412 g/mol. The van der Waals surface area contributed by atoms with Crippen molar-refractivity contribution in [3.63, 3.8) is 0 Å². The summed E-state index contributed by atoms with van der Waals surface area (Å²) in [6.45, 7) is 2.20. The van der Waals surface area contributed by atoms with Crippen LogP contribution in [0.3, 0.4) is 0 Å². The maximum absolute atomic E-state index is 12.6. The van der Waals surface area contributed by atoms with Crippen LogP contribution in [0.1, 0.15) is 20.7 Å². The molecule has 4 rings (SSSR count). The molecule has 9 heteroatoms. The van der Waals surface area contributed by atoms with Crippen LogP contribution < -0.4 is 4.74 Å². The summed E-state index contributed by atoms with van der Waals surface area (Å²) in [5.41, 5.74) is 2.22. The van der Waals surface area contributed by atoms with E-state index in [1.165, 1.54) is 7.05 Å². The van der Waals surface area contributed by atoms with Crippen molar-refractivity contribution >= 4 is 29.4 Å². The van der Waals surface area contributed by atoms with E-state index in [1.807, 2.05) is 0 Å². The number of hydrogen-bond acceptors (Lipinski definition) is 5. The van der Waals surface area contributed by atoms with Crippen LogP contribution in [0.25, 0.3) is 11.1 Å². The van der Waals surface area contributed by atoms with Gasteiger partial charge in [-0.1, -0.05) is 23.7 Å². The molecule has 1 unspecified atom stereocenters. The molecule has 0 aromatic heterocycles. The first-order valence-corrected chi connectivity index (χ1v) is 9.72. The van der Waals surface area contributed by atoms with Gasteiger partial charge in [0, 0.05) is 25.7 Å². The summed E-state index contributed by atoms with van der Waals surface area (Å²) in [5, 5.41) is 9.34. The van der Waals surface area contributed by atoms with Crippen molar-refractivity contribution in [1.82, 2.24) is 9.80 Å². The molecule has 0 radical (unpaired) electrons. The van der Waals surface area contributed by atoms with Gasteiger partial charge in [0.1, 0.15) is 0 Å². The second-order valence-electron chi connectivity index (χ2n) is 7.04. The summed E-state index contributed by atoms with van der Waals surface area (Å²) in [7, 11) is 1.26. The molecule has 2 aromatic carbocycles. The first-order valence-electron chi connectivity index (χ1n) is 9.34. The van der Waals surface area contributed by atoms with Gasteiger partial charge >= 0.3 is 6.09 Å². The molecule has 1 saturated heterocycles. The van der Waals surface area contributed by atoms with Crippen molar-refractivity contribution in [3.8, 4) is 16.9 Å². The van der Waals surface area contributed by atoms with Gasteiger partial charge in [0.15, 0.2) is 5.75 Å². The van der Waals surface area contributed by atoms with Gasteiger partial charge in [-0.3, -0.25) is 14.5 Å². The largest absolute Gasteiger partial charge is 0.465 e. The second-order valence-corrected chi connectivity index (χ2v) is 7.45. The molecule has 8 nitrogen and oxygen atoms in total. The zero-order valence-electron chi connectivity index (χ0n) is 16.1. The molecule has 2 aromatic rings. The molecule has 2 amide bonds. The number of carbonyl (C=O) groups is 3. The number of rotatable bonds is 3. The average Bonchev–Trinajstić information content (AvgIpc) is 3.10. The van der Waals surface area contributed by atoms with E-state index in [4.69, 9.17) is 26.2 Å². The lowest BCUT2D eigenvalue weighted by Crippen LogP contribution is -2.42. The minimum atomic E-state index is -1.28. The number of ketones is 1. The van der Waals surface area contributed by atoms with Crippen LogP contribution in [0.15, 0.2) is 36.4 Å². The Labute approximate surface area is 177 Å². The van der Waals surface area contributed by atoms with Crippen LogP contribution in [0.2, 0.25) is 5.02 Å². The van der Waals surface area contributed by atoms with Crippen molar-refractivity contribution in [2.75, 3.05) is 33.4 Å². The third kappa shape index (κ3) is 3.59. The summed E-state index contributed by atoms with van der Waals surface area (Å²) < 4.78 is 10.8. The van der Waals surface area contributed by atoms with Crippen LogP contribution in [0.4, 0.5) is 4.79 Å². The Morgan fingerprint density at radius 3 is 2.43 bits per heavy atom. The number of hydrogen-bond donors (Lipinski definition) is 1. The lowest BCUT2D eigenvalue weighted by Gasteiger charge is -2.26. The lowest BCUT2D eigenvalue weighted by molar-refractivity contribution is 0.0303. The highest BCUT2D eigenvalue weighted by atomic mass is 35.5. The Kier molecular flexibility index (Phi) is 5.36. The van der Waals surface area contributed by atoms with Gasteiger partial charge < -0.3 is 19.5 Å². The van der Waals surface area contributed by atoms with Gasteiger partial charge in [-0.15, -0.1) is 0 Å². The number of nitrogens with zero attached hydrogens (tertiary/aromatic N) is 2. The number of halogens is 1. The number of Topliss-reactive ketones (excluding diaryl/α,β-unsaturated/α-hetero) is 1. The number of carboxylic acid groups (broad SMARTS) is 1. The lowest BCUT2D eigenvalue weighted by atomic mass is 9.99. The van der Waals surface area contributed by atoms with E-state index in [2.05, 4.69) is 0 Å². The van der Waals surface area contributed by atoms with E-state index < -0.39 is 18.1 Å². The fraction of sp³-hybridized carbons (Fsp3) is 0.286. The second kappa shape index (κ2) is 7.97. The average molecular weight is 431 g/mol. The van der Waals surface area contributed by atoms with Crippen LogP contribution in [0, 0.1) is 0 Å². The number of benzene rings is 2. The Morgan fingerprint density at radius 1 is 1.13 bits per heavy atom. The summed E-state index contributed by atoms with van der Waals surface area (Å²) >= 11 is 6.31. The van der Waals surface area contributed by atoms with E-state index in [0.29, 0.717) is 37.4 Å². The van der Waals surface area contributed by atoms with Gasteiger partial charge in [-0.05, 0) is 35.4 Å². The van der Waals surface area contributed by atoms with E-state index >= 15 is 0 Å². The Hall–Kier alpha value is -3.10. The molecule has 1 fully saturated rings. The highest BCUT2D eigenvalue weighted by Crippen LogP contribution is 2.40. The molecule has 1 atom stereocenters. The van der Waals surface area contributed by atoms with E-state index in [9.17, 15) is 14.4 Å². The molecule has 0 saturated carbocycles. The summed E-state index contributed by atoms with van der Waals surface area (Å²) in [6, 6.07) is 10.3. The van der Waals surface area contributed by atoms with Crippen molar-refractivity contribution in [2.24, 2.45) is 0 Å². The molecule has 0 bridgehead atoms. The fourth-order valence-corrected chi connectivity index (χ4v) is 3.73. The van der Waals surface area contributed by atoms with Gasteiger partial charge in [-0.2, -0.15) is 0 Å². The molecule has 2 aliphatic heterocycles. The quantitative estimate of drug-likeness (QED) is 0.804. The topological polar surface area (TPSA) is 96.4 Å². The molecule has 0 aliphatic carbocycles. The summed E-state index contributed by atoms with van der Waals surface area (Å²) in [4.78, 5) is 39.0. The standard InChI is InChI=1S/C21H19ClN2O6/c1-23(21(27)28)20-17(25)15-10-14(11-16(22)18(15)30-20)12-2-4-13(5-3-12)19(26)24-6-8-29-9-7-24/h2-5,10-11,20H,6-9H2,1H3,(H,27,28). The fourth-order valence-electron chi connectivity index (χ4n) is 3.47. The van der Waals surface area contributed by atoms with E-state index in [1.54, 1.807) is 41.3 Å². The van der Waals surface area contributed by atoms with Crippen molar-refractivity contribution in [3.05, 3.63) is 52.5 Å². The molecule has 0 spiro atoms. The van der Waals surface area contributed by atoms with E-state index in [0.717, 1.165) is 10.5 Å². The van der Waals surface area contributed by atoms with Gasteiger partial charge in [0.05, 0.1) is 23.8 Å². The molecule has 2 heterocycles.